The molecular formula is C10H14ClNO2S. The third kappa shape index (κ3) is 2.51. The topological polar surface area (TPSA) is 37.4 Å². The van der Waals surface area contributed by atoms with Crippen molar-refractivity contribution in [1.29, 1.82) is 0 Å². The van der Waals surface area contributed by atoms with Crippen molar-refractivity contribution >= 4 is 21.6 Å². The summed E-state index contributed by atoms with van der Waals surface area (Å²) < 4.78 is 25.3. The van der Waals surface area contributed by atoms with E-state index in [1.807, 2.05) is 0 Å². The van der Waals surface area contributed by atoms with E-state index >= 15 is 0 Å². The van der Waals surface area contributed by atoms with Gasteiger partial charge in [0.05, 0.1) is 4.90 Å². The van der Waals surface area contributed by atoms with Crippen molar-refractivity contribution in [2.45, 2.75) is 17.7 Å². The van der Waals surface area contributed by atoms with Crippen LogP contribution in [0.3, 0.4) is 0 Å². The molecule has 0 amide bonds. The van der Waals surface area contributed by atoms with Crippen LogP contribution < -0.4 is 0 Å². The fraction of sp³-hybridized carbons (Fsp3) is 0.400. The molecule has 0 saturated heterocycles. The van der Waals surface area contributed by atoms with Gasteiger partial charge < -0.3 is 0 Å². The number of hydrogen-bond acceptors (Lipinski definition) is 2. The van der Waals surface area contributed by atoms with Crippen LogP contribution in [0.2, 0.25) is 0 Å². The molecule has 0 fully saturated rings. The second-order valence-corrected chi connectivity index (χ2v) is 5.44. The summed E-state index contributed by atoms with van der Waals surface area (Å²) >= 11 is 5.70. The maximum Gasteiger partial charge on any atom is 0.243 e. The SMILES string of the molecule is CCN(C)S(=O)(=O)c1ccccc1CCl. The van der Waals surface area contributed by atoms with E-state index in [0.29, 0.717) is 17.0 Å². The molecule has 0 unspecified atom stereocenters. The van der Waals surface area contributed by atoms with E-state index in [1.54, 1.807) is 38.2 Å². The lowest BCUT2D eigenvalue weighted by Gasteiger charge is -2.16. The average Bonchev–Trinajstić information content (AvgIpc) is 2.27. The van der Waals surface area contributed by atoms with Gasteiger partial charge >= 0.3 is 0 Å². The second kappa shape index (κ2) is 4.96. The first-order valence-electron chi connectivity index (χ1n) is 4.64. The van der Waals surface area contributed by atoms with Crippen LogP contribution in [0.15, 0.2) is 29.2 Å². The first-order valence-corrected chi connectivity index (χ1v) is 6.61. The van der Waals surface area contributed by atoms with Crippen LogP contribution in [-0.2, 0) is 15.9 Å². The zero-order valence-electron chi connectivity index (χ0n) is 8.77. The lowest BCUT2D eigenvalue weighted by atomic mass is 10.2. The van der Waals surface area contributed by atoms with E-state index in [-0.39, 0.29) is 5.88 Å². The van der Waals surface area contributed by atoms with Gasteiger partial charge in [0.25, 0.3) is 0 Å². The van der Waals surface area contributed by atoms with Crippen LogP contribution in [0.1, 0.15) is 12.5 Å². The summed E-state index contributed by atoms with van der Waals surface area (Å²) in [4.78, 5) is 0.296. The minimum Gasteiger partial charge on any atom is -0.207 e. The third-order valence-electron chi connectivity index (χ3n) is 2.25. The molecule has 5 heteroatoms. The number of alkyl halides is 1. The molecule has 0 spiro atoms. The maximum atomic E-state index is 12.0. The molecule has 0 saturated carbocycles. The van der Waals surface area contributed by atoms with E-state index in [4.69, 9.17) is 11.6 Å². The normalized spacial score (nSPS) is 12.0. The quantitative estimate of drug-likeness (QED) is 0.764. The fourth-order valence-corrected chi connectivity index (χ4v) is 2.91. The molecule has 0 aliphatic rings. The molecule has 84 valence electrons. The summed E-state index contributed by atoms with van der Waals surface area (Å²) in [5.41, 5.74) is 0.638. The summed E-state index contributed by atoms with van der Waals surface area (Å²) in [6.07, 6.45) is 0. The Morgan fingerprint density at radius 1 is 1.33 bits per heavy atom. The molecule has 0 aliphatic carbocycles. The molecule has 0 bridgehead atoms. The lowest BCUT2D eigenvalue weighted by Crippen LogP contribution is -2.27. The van der Waals surface area contributed by atoms with E-state index in [1.165, 1.54) is 4.31 Å². The Hall–Kier alpha value is -0.580. The number of hydrogen-bond donors (Lipinski definition) is 0. The minimum atomic E-state index is -3.38. The highest BCUT2D eigenvalue weighted by Crippen LogP contribution is 2.20. The van der Waals surface area contributed by atoms with Gasteiger partial charge in [-0.3, -0.25) is 0 Å². The van der Waals surface area contributed by atoms with Gasteiger partial charge in [-0.25, -0.2) is 12.7 Å². The lowest BCUT2D eigenvalue weighted by molar-refractivity contribution is 0.486. The van der Waals surface area contributed by atoms with Crippen molar-refractivity contribution in [1.82, 2.24) is 4.31 Å². The molecule has 15 heavy (non-hydrogen) atoms. The standard InChI is InChI=1S/C10H14ClNO2S/c1-3-12(2)15(13,14)10-7-5-4-6-9(10)8-11/h4-7H,3,8H2,1-2H3. The van der Waals surface area contributed by atoms with Gasteiger partial charge in [-0.05, 0) is 11.6 Å². The Morgan fingerprint density at radius 3 is 2.47 bits per heavy atom. The average molecular weight is 248 g/mol. The molecule has 0 radical (unpaired) electrons. The van der Waals surface area contributed by atoms with Crippen molar-refractivity contribution in [3.05, 3.63) is 29.8 Å². The smallest absolute Gasteiger partial charge is 0.207 e. The van der Waals surface area contributed by atoms with Crippen molar-refractivity contribution in [3.63, 3.8) is 0 Å². The van der Waals surface area contributed by atoms with Crippen LogP contribution >= 0.6 is 11.6 Å². The Bertz CT molecular complexity index is 431. The van der Waals surface area contributed by atoms with Gasteiger partial charge in [-0.2, -0.15) is 0 Å². The summed E-state index contributed by atoms with van der Waals surface area (Å²) in [7, 11) is -1.83. The highest BCUT2D eigenvalue weighted by atomic mass is 35.5. The van der Waals surface area contributed by atoms with E-state index < -0.39 is 10.0 Å². The number of halogens is 1. The van der Waals surface area contributed by atoms with Crippen molar-refractivity contribution in [2.75, 3.05) is 13.6 Å². The van der Waals surface area contributed by atoms with Gasteiger partial charge in [-0.1, -0.05) is 25.1 Å². The van der Waals surface area contributed by atoms with Crippen molar-refractivity contribution in [3.8, 4) is 0 Å². The van der Waals surface area contributed by atoms with E-state index in [2.05, 4.69) is 0 Å². The number of nitrogens with zero attached hydrogens (tertiary/aromatic N) is 1. The molecule has 0 aromatic heterocycles. The maximum absolute atomic E-state index is 12.0. The first kappa shape index (κ1) is 12.5. The zero-order valence-corrected chi connectivity index (χ0v) is 10.3. The Balaban J connectivity index is 3.27. The van der Waals surface area contributed by atoms with Crippen LogP contribution in [0, 0.1) is 0 Å². The van der Waals surface area contributed by atoms with Crippen molar-refractivity contribution in [2.24, 2.45) is 0 Å². The molecular weight excluding hydrogens is 234 g/mol. The zero-order chi connectivity index (χ0) is 11.5. The minimum absolute atomic E-state index is 0.201. The summed E-state index contributed by atoms with van der Waals surface area (Å²) in [5, 5.41) is 0. The van der Waals surface area contributed by atoms with Gasteiger partial charge in [0.15, 0.2) is 0 Å². The molecule has 3 nitrogen and oxygen atoms in total. The molecule has 0 N–H and O–H groups in total. The highest BCUT2D eigenvalue weighted by Gasteiger charge is 2.21. The second-order valence-electron chi connectivity index (χ2n) is 3.16. The fourth-order valence-electron chi connectivity index (χ4n) is 1.20. The Morgan fingerprint density at radius 2 is 1.93 bits per heavy atom. The van der Waals surface area contributed by atoms with Crippen LogP contribution in [0.4, 0.5) is 0 Å². The first-order chi connectivity index (χ1) is 7.04. The molecule has 0 aliphatic heterocycles. The molecule has 1 aromatic carbocycles. The number of rotatable bonds is 4. The molecule has 1 aromatic rings. The largest absolute Gasteiger partial charge is 0.243 e. The molecule has 0 heterocycles. The Kier molecular flexibility index (Phi) is 4.13. The highest BCUT2D eigenvalue weighted by molar-refractivity contribution is 7.89. The van der Waals surface area contributed by atoms with Crippen molar-refractivity contribution < 1.29 is 8.42 Å². The number of benzene rings is 1. The van der Waals surface area contributed by atoms with Crippen LogP contribution in [-0.4, -0.2) is 26.3 Å². The third-order valence-corrected chi connectivity index (χ3v) is 4.57. The van der Waals surface area contributed by atoms with Gasteiger partial charge in [0, 0.05) is 19.5 Å². The van der Waals surface area contributed by atoms with Crippen LogP contribution in [0.5, 0.6) is 0 Å². The van der Waals surface area contributed by atoms with E-state index in [0.717, 1.165) is 0 Å². The number of sulfonamides is 1. The predicted octanol–water partition coefficient (Wildman–Crippen LogP) is 2.07. The molecule has 0 atom stereocenters. The Labute approximate surface area is 95.7 Å². The monoisotopic (exact) mass is 247 g/mol. The predicted molar refractivity (Wildman–Crippen MR) is 61.5 cm³/mol. The van der Waals surface area contributed by atoms with Gasteiger partial charge in [-0.15, -0.1) is 11.6 Å². The summed E-state index contributed by atoms with van der Waals surface area (Å²) in [6.45, 7) is 2.24. The van der Waals surface area contributed by atoms with Crippen LogP contribution in [0.25, 0.3) is 0 Å². The molecule has 1 rings (SSSR count). The summed E-state index contributed by atoms with van der Waals surface area (Å²) in [5.74, 6) is 0.201. The summed E-state index contributed by atoms with van der Waals surface area (Å²) in [6, 6.07) is 6.79. The van der Waals surface area contributed by atoms with Gasteiger partial charge in [0.1, 0.15) is 0 Å². The van der Waals surface area contributed by atoms with E-state index in [9.17, 15) is 8.42 Å². The van der Waals surface area contributed by atoms with Gasteiger partial charge in [0.2, 0.25) is 10.0 Å².